The zero-order valence-corrected chi connectivity index (χ0v) is 15.3. The van der Waals surface area contributed by atoms with Crippen molar-refractivity contribution in [3.63, 3.8) is 0 Å². The zero-order valence-electron chi connectivity index (χ0n) is 14.5. The number of carbonyl (C=O) groups is 2. The molecule has 1 heterocycles. The number of nitrogens with zero attached hydrogens (tertiary/aromatic N) is 3. The van der Waals surface area contributed by atoms with E-state index in [0.29, 0.717) is 16.4 Å². The van der Waals surface area contributed by atoms with Crippen molar-refractivity contribution in [3.05, 3.63) is 66.0 Å². The van der Waals surface area contributed by atoms with Crippen molar-refractivity contribution in [2.45, 2.75) is 19.0 Å². The molecule has 0 aliphatic rings. The van der Waals surface area contributed by atoms with E-state index in [1.54, 1.807) is 24.3 Å². The van der Waals surface area contributed by atoms with Gasteiger partial charge in [0.05, 0.1) is 5.75 Å². The van der Waals surface area contributed by atoms with Crippen LogP contribution in [0.5, 0.6) is 0 Å². The maximum Gasteiger partial charge on any atom is 0.234 e. The van der Waals surface area contributed by atoms with E-state index in [-0.39, 0.29) is 17.4 Å². The van der Waals surface area contributed by atoms with Crippen LogP contribution < -0.4 is 5.32 Å². The molecule has 0 radical (unpaired) electrons. The van der Waals surface area contributed by atoms with Gasteiger partial charge in [-0.15, -0.1) is 10.2 Å². The first-order valence-electron chi connectivity index (χ1n) is 8.05. The van der Waals surface area contributed by atoms with E-state index in [0.717, 1.165) is 11.5 Å². The number of ketones is 1. The summed E-state index contributed by atoms with van der Waals surface area (Å²) < 4.78 is 1.91. The van der Waals surface area contributed by atoms with Gasteiger partial charge >= 0.3 is 0 Å². The Kier molecular flexibility index (Phi) is 5.48. The van der Waals surface area contributed by atoms with Crippen molar-refractivity contribution in [3.8, 4) is 5.69 Å². The Morgan fingerprint density at radius 1 is 1.08 bits per heavy atom. The van der Waals surface area contributed by atoms with Gasteiger partial charge in [-0.3, -0.25) is 14.2 Å². The number of amides is 1. The molecule has 6 nitrogen and oxygen atoms in total. The Hall–Kier alpha value is -2.93. The van der Waals surface area contributed by atoms with E-state index in [9.17, 15) is 9.59 Å². The topological polar surface area (TPSA) is 76.9 Å². The first-order chi connectivity index (χ1) is 12.5. The van der Waals surface area contributed by atoms with Gasteiger partial charge in [-0.2, -0.15) is 0 Å². The molecular formula is C19H18N4O2S. The van der Waals surface area contributed by atoms with Crippen LogP contribution >= 0.6 is 11.8 Å². The standard InChI is InChI=1S/C19H18N4O2S/c1-13(24)15-7-6-8-16(11-15)20-18(25)12-26-19-22-21-14(2)23(19)17-9-4-3-5-10-17/h3-11H,12H2,1-2H3,(H,20,25). The molecule has 2 aromatic carbocycles. The van der Waals surface area contributed by atoms with Crippen molar-refractivity contribution in [1.29, 1.82) is 0 Å². The van der Waals surface area contributed by atoms with Crippen LogP contribution in [0.15, 0.2) is 59.8 Å². The highest BCUT2D eigenvalue weighted by molar-refractivity contribution is 7.99. The molecule has 1 amide bonds. The highest BCUT2D eigenvalue weighted by Crippen LogP contribution is 2.22. The van der Waals surface area contributed by atoms with E-state index in [1.165, 1.54) is 18.7 Å². The summed E-state index contributed by atoms with van der Waals surface area (Å²) >= 11 is 1.31. The van der Waals surface area contributed by atoms with Crippen molar-refractivity contribution in [2.75, 3.05) is 11.1 Å². The summed E-state index contributed by atoms with van der Waals surface area (Å²) in [5.74, 6) is 0.737. The Bertz CT molecular complexity index is 938. The molecule has 0 unspecified atom stereocenters. The molecule has 0 aliphatic carbocycles. The molecule has 0 bridgehead atoms. The van der Waals surface area contributed by atoms with Crippen LogP contribution in [0.3, 0.4) is 0 Å². The Morgan fingerprint density at radius 2 is 1.85 bits per heavy atom. The van der Waals surface area contributed by atoms with Crippen LogP contribution in [0.25, 0.3) is 5.69 Å². The molecule has 1 aromatic heterocycles. The number of para-hydroxylation sites is 1. The Labute approximate surface area is 155 Å². The average molecular weight is 366 g/mol. The highest BCUT2D eigenvalue weighted by atomic mass is 32.2. The normalized spacial score (nSPS) is 10.5. The van der Waals surface area contributed by atoms with Crippen molar-refractivity contribution in [1.82, 2.24) is 14.8 Å². The summed E-state index contributed by atoms with van der Waals surface area (Å²) in [6.07, 6.45) is 0. The monoisotopic (exact) mass is 366 g/mol. The van der Waals surface area contributed by atoms with Gasteiger partial charge < -0.3 is 5.32 Å². The molecular weight excluding hydrogens is 348 g/mol. The Morgan fingerprint density at radius 3 is 2.58 bits per heavy atom. The van der Waals surface area contributed by atoms with Crippen LogP contribution in [0.1, 0.15) is 23.1 Å². The fraction of sp³-hybridized carbons (Fsp3) is 0.158. The van der Waals surface area contributed by atoms with Crippen LogP contribution in [-0.4, -0.2) is 32.2 Å². The predicted octanol–water partition coefficient (Wildman–Crippen LogP) is 3.51. The molecule has 0 fully saturated rings. The lowest BCUT2D eigenvalue weighted by molar-refractivity contribution is -0.113. The highest BCUT2D eigenvalue weighted by Gasteiger charge is 2.13. The SMILES string of the molecule is CC(=O)c1cccc(NC(=O)CSc2nnc(C)n2-c2ccccc2)c1. The molecule has 0 spiro atoms. The number of anilines is 1. The lowest BCUT2D eigenvalue weighted by atomic mass is 10.1. The third kappa shape index (κ3) is 4.18. The Balaban J connectivity index is 1.67. The van der Waals surface area contributed by atoms with Gasteiger partial charge in [0.1, 0.15) is 5.82 Å². The number of hydrogen-bond acceptors (Lipinski definition) is 5. The minimum Gasteiger partial charge on any atom is -0.325 e. The van der Waals surface area contributed by atoms with E-state index in [4.69, 9.17) is 0 Å². The molecule has 132 valence electrons. The van der Waals surface area contributed by atoms with Gasteiger partial charge in [0, 0.05) is 16.9 Å². The van der Waals surface area contributed by atoms with Crippen LogP contribution in [0.2, 0.25) is 0 Å². The number of hydrogen-bond donors (Lipinski definition) is 1. The van der Waals surface area contributed by atoms with Crippen molar-refractivity contribution >= 4 is 29.1 Å². The van der Waals surface area contributed by atoms with Gasteiger partial charge in [0.2, 0.25) is 5.91 Å². The number of carbonyl (C=O) groups excluding carboxylic acids is 2. The van der Waals surface area contributed by atoms with Crippen LogP contribution in [-0.2, 0) is 4.79 Å². The lowest BCUT2D eigenvalue weighted by Gasteiger charge is -2.09. The summed E-state index contributed by atoms with van der Waals surface area (Å²) in [6, 6.07) is 16.6. The van der Waals surface area contributed by atoms with Crippen LogP contribution in [0.4, 0.5) is 5.69 Å². The molecule has 0 atom stereocenters. The first-order valence-corrected chi connectivity index (χ1v) is 9.04. The van der Waals surface area contributed by atoms with E-state index >= 15 is 0 Å². The van der Waals surface area contributed by atoms with Crippen molar-refractivity contribution in [2.24, 2.45) is 0 Å². The van der Waals surface area contributed by atoms with Crippen LogP contribution in [0, 0.1) is 6.92 Å². The van der Waals surface area contributed by atoms with Gasteiger partial charge in [-0.05, 0) is 38.1 Å². The second-order valence-electron chi connectivity index (χ2n) is 5.67. The summed E-state index contributed by atoms with van der Waals surface area (Å²) in [5, 5.41) is 11.7. The molecule has 0 saturated heterocycles. The molecule has 3 rings (SSSR count). The fourth-order valence-corrected chi connectivity index (χ4v) is 3.25. The predicted molar refractivity (Wildman–Crippen MR) is 102 cm³/mol. The number of aryl methyl sites for hydroxylation is 1. The quantitative estimate of drug-likeness (QED) is 0.534. The zero-order chi connectivity index (χ0) is 18.5. The number of Topliss-reactive ketones (excluding diaryl/α,β-unsaturated/α-hetero) is 1. The first kappa shape index (κ1) is 17.9. The molecule has 26 heavy (non-hydrogen) atoms. The molecule has 3 aromatic rings. The lowest BCUT2D eigenvalue weighted by Crippen LogP contribution is -2.15. The third-order valence-electron chi connectivity index (χ3n) is 3.69. The largest absolute Gasteiger partial charge is 0.325 e. The van der Waals surface area contributed by atoms with Crippen molar-refractivity contribution < 1.29 is 9.59 Å². The smallest absolute Gasteiger partial charge is 0.234 e. The minimum atomic E-state index is -0.170. The molecule has 7 heteroatoms. The summed E-state index contributed by atoms with van der Waals surface area (Å²) in [5.41, 5.74) is 2.12. The average Bonchev–Trinajstić information content (AvgIpc) is 3.01. The van der Waals surface area contributed by atoms with Gasteiger partial charge in [-0.25, -0.2) is 0 Å². The van der Waals surface area contributed by atoms with E-state index in [2.05, 4.69) is 15.5 Å². The van der Waals surface area contributed by atoms with E-state index in [1.807, 2.05) is 41.8 Å². The number of aromatic nitrogens is 3. The molecule has 1 N–H and O–H groups in total. The molecule has 0 aliphatic heterocycles. The maximum absolute atomic E-state index is 12.2. The molecule has 0 saturated carbocycles. The fourth-order valence-electron chi connectivity index (χ4n) is 2.45. The minimum absolute atomic E-state index is 0.0399. The maximum atomic E-state index is 12.2. The number of nitrogens with one attached hydrogen (secondary N) is 1. The third-order valence-corrected chi connectivity index (χ3v) is 4.62. The number of benzene rings is 2. The summed E-state index contributed by atoms with van der Waals surface area (Å²) in [7, 11) is 0. The summed E-state index contributed by atoms with van der Waals surface area (Å²) in [6.45, 7) is 3.37. The van der Waals surface area contributed by atoms with E-state index < -0.39 is 0 Å². The van der Waals surface area contributed by atoms with Gasteiger partial charge in [-0.1, -0.05) is 42.1 Å². The van der Waals surface area contributed by atoms with Gasteiger partial charge in [0.25, 0.3) is 0 Å². The second kappa shape index (κ2) is 7.97. The van der Waals surface area contributed by atoms with Gasteiger partial charge in [0.15, 0.2) is 10.9 Å². The number of rotatable bonds is 6. The second-order valence-corrected chi connectivity index (χ2v) is 6.62. The summed E-state index contributed by atoms with van der Waals surface area (Å²) in [4.78, 5) is 23.7. The number of thioether (sulfide) groups is 1.